The number of aromatic carboxylic acids is 1. The van der Waals surface area contributed by atoms with Crippen LogP contribution in [-0.2, 0) is 18.9 Å². The number of carboxylic acids is 1. The van der Waals surface area contributed by atoms with Crippen LogP contribution in [0.1, 0.15) is 71.1 Å². The summed E-state index contributed by atoms with van der Waals surface area (Å²) in [7, 11) is 1.65. The van der Waals surface area contributed by atoms with Crippen molar-refractivity contribution in [2.24, 2.45) is 5.73 Å². The lowest BCUT2D eigenvalue weighted by molar-refractivity contribution is 0.0510. The Morgan fingerprint density at radius 2 is 1.06 bits per heavy atom. The molecule has 0 amide bonds. The van der Waals surface area contributed by atoms with E-state index in [1.54, 1.807) is 46.5 Å². The number of hydrogen-bond donors (Lipinski definition) is 4. The first-order valence-corrected chi connectivity index (χ1v) is 20.0. The average molecular weight is 1000 g/mol. The smallest absolute Gasteiger partial charge is 0.476 e. The summed E-state index contributed by atoms with van der Waals surface area (Å²) in [6.45, 7) is 15.1. The van der Waals surface area contributed by atoms with Crippen molar-refractivity contribution >= 4 is 87.7 Å². The molecular weight excluding hydrogens is 962 g/mol. The molecule has 0 aliphatic carbocycles. The molecule has 6 aromatic rings. The second kappa shape index (κ2) is 29.0. The van der Waals surface area contributed by atoms with Crippen LogP contribution in [0.3, 0.4) is 0 Å². The second-order valence-electron chi connectivity index (χ2n) is 11.2. The van der Waals surface area contributed by atoms with Crippen molar-refractivity contribution in [3.05, 3.63) is 110 Å². The van der Waals surface area contributed by atoms with Gasteiger partial charge in [0.25, 0.3) is 5.82 Å². The Bertz CT molecular complexity index is 2520. The molecule has 5 N–H and O–H groups in total. The van der Waals surface area contributed by atoms with Gasteiger partial charge >= 0.3 is 25.3 Å². The van der Waals surface area contributed by atoms with Crippen LogP contribution < -0.4 is 5.73 Å². The molecule has 0 fully saturated rings. The highest BCUT2D eigenvalue weighted by atomic mass is 35.5. The fraction of sp³-hybridized carbons (Fsp3) is 0.270. The van der Waals surface area contributed by atoms with E-state index in [0.717, 1.165) is 19.0 Å². The van der Waals surface area contributed by atoms with E-state index >= 15 is 0 Å². The number of ether oxygens (including phenoxy) is 4. The van der Waals surface area contributed by atoms with Crippen LogP contribution in [0.5, 0.6) is 0 Å². The van der Waals surface area contributed by atoms with Gasteiger partial charge in [-0.15, -0.1) is 4.98 Å². The van der Waals surface area contributed by atoms with Crippen molar-refractivity contribution in [2.45, 2.75) is 33.8 Å². The van der Waals surface area contributed by atoms with Crippen LogP contribution in [0.4, 0.5) is 5.82 Å². The second-order valence-corrected chi connectivity index (χ2v) is 13.1. The summed E-state index contributed by atoms with van der Waals surface area (Å²) in [5.74, 6) is -2.19. The SMILES string of the molecule is CCOC(=O)c1ncnc(-c2ncc[nH]2)c1Cl.CCOC(=O)c1ncnc(Cl)c1Cl.COC(C)CN.O=C(O)c1ncnc(-c2ncc[nH]2)c1Cl.[C-]#[N+]c1ncnc(C(=O)OCC)c1Cl.[H+]. The molecule has 0 spiro atoms. The van der Waals surface area contributed by atoms with E-state index in [-0.39, 0.29) is 86.9 Å². The van der Waals surface area contributed by atoms with Crippen LogP contribution in [0, 0.1) is 6.57 Å². The molecule has 6 heterocycles. The first-order valence-electron chi connectivity index (χ1n) is 18.1. The van der Waals surface area contributed by atoms with Gasteiger partial charge in [0, 0.05) is 38.4 Å². The topological polar surface area (TPSA) is 316 Å². The lowest BCUT2D eigenvalue weighted by atomic mass is 10.3. The zero-order valence-electron chi connectivity index (χ0n) is 35.6. The minimum Gasteiger partial charge on any atom is -0.476 e. The Labute approximate surface area is 396 Å². The summed E-state index contributed by atoms with van der Waals surface area (Å²) < 4.78 is 19.0. The maximum absolute atomic E-state index is 11.6. The molecule has 65 heavy (non-hydrogen) atoms. The number of hydrogen-bond acceptors (Lipinski definition) is 19. The molecule has 0 bridgehead atoms. The van der Waals surface area contributed by atoms with E-state index in [4.69, 9.17) is 94.4 Å². The number of nitrogens with two attached hydrogens (primary N) is 1. The quantitative estimate of drug-likeness (QED) is 0.0447. The number of nitrogens with one attached hydrogen (secondary N) is 2. The third-order valence-corrected chi connectivity index (χ3v) is 8.80. The van der Waals surface area contributed by atoms with E-state index in [0.29, 0.717) is 23.9 Å². The number of halogens is 5. The van der Waals surface area contributed by atoms with Gasteiger partial charge in [-0.2, -0.15) is 0 Å². The van der Waals surface area contributed by atoms with E-state index < -0.39 is 23.9 Å². The normalized spacial score (nSPS) is 10.3. The molecule has 28 heteroatoms. The van der Waals surface area contributed by atoms with Crippen LogP contribution in [0.2, 0.25) is 25.2 Å². The van der Waals surface area contributed by atoms with Gasteiger partial charge in [0.05, 0.1) is 25.9 Å². The van der Waals surface area contributed by atoms with E-state index in [1.165, 1.54) is 12.5 Å². The van der Waals surface area contributed by atoms with Gasteiger partial charge in [0.1, 0.15) is 50.5 Å². The Morgan fingerprint density at radius 3 is 1.43 bits per heavy atom. The molecule has 0 saturated carbocycles. The maximum Gasteiger partial charge on any atom is 1.00 e. The minimum atomic E-state index is -1.20. The average Bonchev–Trinajstić information content (AvgIpc) is 4.05. The summed E-state index contributed by atoms with van der Waals surface area (Å²) in [5.41, 5.74) is 5.51. The number of nitrogens with zero attached hydrogens (tertiary/aromatic N) is 11. The number of carbonyl (C=O) groups is 4. The monoisotopic (exact) mass is 997 g/mol. The number of carboxylic acid groups (broad SMARTS) is 1. The van der Waals surface area contributed by atoms with Crippen LogP contribution in [-0.4, -0.2) is 128 Å². The van der Waals surface area contributed by atoms with E-state index in [2.05, 4.69) is 64.7 Å². The highest BCUT2D eigenvalue weighted by Gasteiger charge is 2.21. The summed E-state index contributed by atoms with van der Waals surface area (Å²) in [6.07, 6.45) is 11.2. The largest absolute Gasteiger partial charge is 1.00 e. The first-order chi connectivity index (χ1) is 31.1. The Morgan fingerprint density at radius 1 is 0.662 bits per heavy atom. The zero-order chi connectivity index (χ0) is 48.5. The van der Waals surface area contributed by atoms with Gasteiger partial charge in [0.2, 0.25) is 6.33 Å². The molecule has 1 unspecified atom stereocenters. The van der Waals surface area contributed by atoms with Gasteiger partial charge in [0.15, 0.2) is 39.6 Å². The lowest BCUT2D eigenvalue weighted by Crippen LogP contribution is -2.17. The van der Waals surface area contributed by atoms with Crippen LogP contribution >= 0.6 is 58.0 Å². The molecule has 6 aromatic heterocycles. The van der Waals surface area contributed by atoms with Gasteiger partial charge < -0.3 is 44.6 Å². The molecule has 0 aliphatic heterocycles. The van der Waals surface area contributed by atoms with Gasteiger partial charge in [-0.25, -0.2) is 64.0 Å². The van der Waals surface area contributed by atoms with Crippen LogP contribution in [0.25, 0.3) is 27.9 Å². The number of esters is 3. The first kappa shape index (κ1) is 54.6. The number of aromatic nitrogens is 12. The maximum atomic E-state index is 11.6. The molecule has 0 saturated heterocycles. The fourth-order valence-electron chi connectivity index (χ4n) is 3.92. The van der Waals surface area contributed by atoms with Crippen LogP contribution in [0.15, 0.2) is 50.1 Å². The third-order valence-electron chi connectivity index (χ3n) is 6.99. The number of methoxy groups -OCH3 is 1. The summed E-state index contributed by atoms with van der Waals surface area (Å²) in [4.78, 5) is 91.0. The van der Waals surface area contributed by atoms with Gasteiger partial charge in [-0.3, -0.25) is 0 Å². The molecule has 6 rings (SSSR count). The standard InChI is InChI=1S/C10H9ClN4O2.C8H5ClN4O2.C8H6ClN3O2.C7H6Cl2N2O2.C4H11NO/c1-2-17-10(16)8-6(11)7(14-5-15-8)9-12-3-4-13-9;9-4-5(7-10-1-2-11-7)12-3-13-6(4)8(14)15;1-3-14-8(13)6-5(9)7(10-2)12-4-11-6;1-2-13-7(12)5-4(8)6(9)11-3-10-5;1-4(3-5)6-2/h3-5H,2H2,1H3,(H,12,13);1-3H,(H,10,11)(H,14,15);4H,3H2,1H3;3H,2H2,1H3;4H,3,5H2,1-2H3/p+1. The Hall–Kier alpha value is -6.52. The Kier molecular flexibility index (Phi) is 24.4. The third kappa shape index (κ3) is 16.8. The molecule has 23 nitrogen and oxygen atoms in total. The number of aromatic amines is 2. The summed E-state index contributed by atoms with van der Waals surface area (Å²) in [5, 5.41) is 8.87. The van der Waals surface area contributed by atoms with Crippen molar-refractivity contribution < 1.29 is 44.7 Å². The number of H-pyrrole nitrogens is 2. The molecule has 0 radical (unpaired) electrons. The summed E-state index contributed by atoms with van der Waals surface area (Å²) in [6, 6.07) is 0. The van der Waals surface area contributed by atoms with Crippen molar-refractivity contribution in [3.63, 3.8) is 0 Å². The van der Waals surface area contributed by atoms with Crippen molar-refractivity contribution in [2.75, 3.05) is 33.5 Å². The molecular formula is C37H38Cl5N14O9+. The zero-order valence-corrected chi connectivity index (χ0v) is 38.4. The number of rotatable bonds is 11. The minimum absolute atomic E-state index is 0. The molecule has 0 aromatic carbocycles. The predicted octanol–water partition coefficient (Wildman–Crippen LogP) is 6.83. The molecule has 1 atom stereocenters. The highest BCUT2D eigenvalue weighted by molar-refractivity contribution is 6.42. The van der Waals surface area contributed by atoms with E-state index in [9.17, 15) is 19.2 Å². The van der Waals surface area contributed by atoms with Gasteiger partial charge in [-0.05, 0) is 27.7 Å². The summed E-state index contributed by atoms with van der Waals surface area (Å²) >= 11 is 28.8. The highest BCUT2D eigenvalue weighted by Crippen LogP contribution is 2.27. The molecule has 344 valence electrons. The van der Waals surface area contributed by atoms with Crippen molar-refractivity contribution in [1.29, 1.82) is 0 Å². The van der Waals surface area contributed by atoms with Gasteiger partial charge in [-0.1, -0.05) is 64.6 Å². The molecule has 0 aliphatic rings. The number of imidazole rings is 2. The van der Waals surface area contributed by atoms with Crippen molar-refractivity contribution in [1.82, 2.24) is 59.8 Å². The van der Waals surface area contributed by atoms with Crippen molar-refractivity contribution in [3.8, 4) is 23.0 Å². The predicted molar refractivity (Wildman–Crippen MR) is 236 cm³/mol. The lowest BCUT2D eigenvalue weighted by Gasteiger charge is -2.05. The Balaban J connectivity index is 0.000000422. The van der Waals surface area contributed by atoms with E-state index in [1.807, 2.05) is 6.92 Å². The fourth-order valence-corrected chi connectivity index (χ4v) is 4.97. The number of carbonyl (C=O) groups excluding carboxylic acids is 3.